The average Bonchev–Trinajstić information content (AvgIpc) is 2.69. The third-order valence-corrected chi connectivity index (χ3v) is 6.63. The molecule has 2 N–H and O–H groups in total. The van der Waals surface area contributed by atoms with Crippen LogP contribution < -0.4 is 5.73 Å². The van der Waals surface area contributed by atoms with Crippen molar-refractivity contribution in [3.05, 3.63) is 11.4 Å². The lowest BCUT2D eigenvalue weighted by Gasteiger charge is -2.35. The number of nitrogens with zero attached hydrogens (tertiary/aromatic N) is 1. The van der Waals surface area contributed by atoms with E-state index in [2.05, 4.69) is 6.92 Å². The molecule has 0 bridgehead atoms. The van der Waals surface area contributed by atoms with Crippen LogP contribution in [-0.4, -0.2) is 25.3 Å². The Labute approximate surface area is 106 Å². The van der Waals surface area contributed by atoms with Crippen molar-refractivity contribution in [1.29, 1.82) is 0 Å². The maximum atomic E-state index is 12.4. The summed E-state index contributed by atoms with van der Waals surface area (Å²) in [6, 6.07) is 1.63. The molecule has 1 aromatic rings. The highest BCUT2D eigenvalue weighted by Crippen LogP contribution is 2.31. The Hall–Kier alpha value is -0.590. The molecule has 0 aliphatic carbocycles. The molecule has 0 aromatic carbocycles. The van der Waals surface area contributed by atoms with Crippen LogP contribution in [0.1, 0.15) is 26.7 Å². The summed E-state index contributed by atoms with van der Waals surface area (Å²) in [6.45, 7) is 4.68. The first-order valence-corrected chi connectivity index (χ1v) is 8.09. The van der Waals surface area contributed by atoms with Gasteiger partial charge in [0.05, 0.1) is 0 Å². The fourth-order valence-corrected chi connectivity index (χ4v) is 5.15. The highest BCUT2D eigenvalue weighted by molar-refractivity contribution is 7.91. The van der Waals surface area contributed by atoms with E-state index in [0.29, 0.717) is 22.4 Å². The zero-order chi connectivity index (χ0) is 12.6. The van der Waals surface area contributed by atoms with Crippen molar-refractivity contribution < 1.29 is 8.42 Å². The zero-order valence-electron chi connectivity index (χ0n) is 10.1. The number of sulfonamides is 1. The van der Waals surface area contributed by atoms with Gasteiger partial charge in [0.1, 0.15) is 4.21 Å². The van der Waals surface area contributed by atoms with Crippen LogP contribution in [0, 0.1) is 5.92 Å². The molecule has 17 heavy (non-hydrogen) atoms. The number of hydrogen-bond acceptors (Lipinski definition) is 4. The molecule has 6 heteroatoms. The lowest BCUT2D eigenvalue weighted by atomic mass is 9.97. The number of piperidine rings is 1. The minimum Gasteiger partial charge on any atom is -0.398 e. The molecule has 0 radical (unpaired) electrons. The molecule has 96 valence electrons. The van der Waals surface area contributed by atoms with Crippen molar-refractivity contribution in [2.24, 2.45) is 5.92 Å². The number of thiophene rings is 1. The van der Waals surface area contributed by atoms with Gasteiger partial charge in [0.2, 0.25) is 0 Å². The lowest BCUT2D eigenvalue weighted by molar-refractivity contribution is 0.218. The normalized spacial score (nSPS) is 27.2. The van der Waals surface area contributed by atoms with Crippen LogP contribution in [0.4, 0.5) is 5.69 Å². The summed E-state index contributed by atoms with van der Waals surface area (Å²) in [5.74, 6) is 0.429. The van der Waals surface area contributed by atoms with Crippen LogP contribution in [-0.2, 0) is 10.0 Å². The average molecular weight is 274 g/mol. The van der Waals surface area contributed by atoms with E-state index in [1.807, 2.05) is 6.92 Å². The van der Waals surface area contributed by atoms with Crippen molar-refractivity contribution >= 4 is 27.0 Å². The molecule has 2 unspecified atom stereocenters. The third-order valence-electron chi connectivity index (χ3n) is 3.22. The molecule has 0 spiro atoms. The topological polar surface area (TPSA) is 63.4 Å². The number of anilines is 1. The van der Waals surface area contributed by atoms with Crippen LogP contribution in [0.25, 0.3) is 0 Å². The van der Waals surface area contributed by atoms with E-state index in [-0.39, 0.29) is 6.04 Å². The summed E-state index contributed by atoms with van der Waals surface area (Å²) in [6.07, 6.45) is 2.03. The standard InChI is InChI=1S/C11H18N2O2S2/c1-8-3-4-9(2)13(6-8)17(14,15)11-5-10(12)7-16-11/h5,7-9H,3-4,6,12H2,1-2H3. The fourth-order valence-electron chi connectivity index (χ4n) is 2.16. The van der Waals surface area contributed by atoms with E-state index in [0.717, 1.165) is 12.8 Å². The van der Waals surface area contributed by atoms with Gasteiger partial charge in [-0.3, -0.25) is 0 Å². The number of nitrogen functional groups attached to an aromatic ring is 1. The Kier molecular flexibility index (Phi) is 3.47. The Morgan fingerprint density at radius 3 is 2.71 bits per heavy atom. The van der Waals surface area contributed by atoms with E-state index < -0.39 is 10.0 Å². The zero-order valence-corrected chi connectivity index (χ0v) is 11.7. The summed E-state index contributed by atoms with van der Waals surface area (Å²) in [7, 11) is -3.35. The van der Waals surface area contributed by atoms with E-state index in [1.165, 1.54) is 11.3 Å². The predicted octanol–water partition coefficient (Wildman–Crippen LogP) is 2.14. The number of rotatable bonds is 2. The molecule has 2 heterocycles. The first-order valence-electron chi connectivity index (χ1n) is 5.77. The van der Waals surface area contributed by atoms with E-state index in [9.17, 15) is 8.42 Å². The van der Waals surface area contributed by atoms with Gasteiger partial charge in [0.25, 0.3) is 10.0 Å². The van der Waals surface area contributed by atoms with Crippen LogP contribution in [0.15, 0.2) is 15.7 Å². The van der Waals surface area contributed by atoms with Crippen LogP contribution >= 0.6 is 11.3 Å². The molecule has 4 nitrogen and oxygen atoms in total. The molecule has 1 aliphatic rings. The summed E-state index contributed by atoms with van der Waals surface area (Å²) in [4.78, 5) is 0. The minimum absolute atomic E-state index is 0.0829. The first kappa shape index (κ1) is 12.9. The van der Waals surface area contributed by atoms with Gasteiger partial charge in [0, 0.05) is 23.7 Å². The molecule has 2 atom stereocenters. The second-order valence-electron chi connectivity index (χ2n) is 4.81. The first-order chi connectivity index (χ1) is 7.91. The molecule has 0 amide bonds. The van der Waals surface area contributed by atoms with Crippen molar-refractivity contribution in [3.63, 3.8) is 0 Å². The van der Waals surface area contributed by atoms with Crippen LogP contribution in [0.5, 0.6) is 0 Å². The molecule has 0 saturated carbocycles. The summed E-state index contributed by atoms with van der Waals surface area (Å²) >= 11 is 1.20. The van der Waals surface area contributed by atoms with Gasteiger partial charge >= 0.3 is 0 Å². The van der Waals surface area contributed by atoms with Crippen molar-refractivity contribution in [2.45, 2.75) is 36.9 Å². The summed E-state index contributed by atoms with van der Waals surface area (Å²) in [5.41, 5.74) is 6.11. The molecule has 1 aliphatic heterocycles. The fraction of sp³-hybridized carbons (Fsp3) is 0.636. The number of hydrogen-bond donors (Lipinski definition) is 1. The Morgan fingerprint density at radius 2 is 2.12 bits per heavy atom. The van der Waals surface area contributed by atoms with E-state index >= 15 is 0 Å². The minimum atomic E-state index is -3.35. The van der Waals surface area contributed by atoms with Gasteiger partial charge in [-0.25, -0.2) is 8.42 Å². The van der Waals surface area contributed by atoms with Crippen molar-refractivity contribution in [1.82, 2.24) is 4.31 Å². The van der Waals surface area contributed by atoms with E-state index in [4.69, 9.17) is 5.73 Å². The predicted molar refractivity (Wildman–Crippen MR) is 70.5 cm³/mol. The maximum Gasteiger partial charge on any atom is 0.252 e. The van der Waals surface area contributed by atoms with E-state index in [1.54, 1.807) is 15.8 Å². The molecular formula is C11H18N2O2S2. The van der Waals surface area contributed by atoms with Crippen molar-refractivity contribution in [3.8, 4) is 0 Å². The molecule has 2 rings (SSSR count). The van der Waals surface area contributed by atoms with Gasteiger partial charge < -0.3 is 5.73 Å². The summed E-state index contributed by atoms with van der Waals surface area (Å²) in [5, 5.41) is 1.67. The molecule has 1 fully saturated rings. The molecular weight excluding hydrogens is 256 g/mol. The quantitative estimate of drug-likeness (QED) is 0.898. The van der Waals surface area contributed by atoms with Crippen LogP contribution in [0.2, 0.25) is 0 Å². The molecule has 1 saturated heterocycles. The smallest absolute Gasteiger partial charge is 0.252 e. The van der Waals surface area contributed by atoms with Crippen LogP contribution in [0.3, 0.4) is 0 Å². The number of nitrogens with two attached hydrogens (primary N) is 1. The highest BCUT2D eigenvalue weighted by Gasteiger charge is 2.34. The summed E-state index contributed by atoms with van der Waals surface area (Å²) < 4.78 is 26.8. The maximum absolute atomic E-state index is 12.4. The largest absolute Gasteiger partial charge is 0.398 e. The Balaban J connectivity index is 2.31. The van der Waals surface area contributed by atoms with Gasteiger partial charge in [-0.1, -0.05) is 6.92 Å². The monoisotopic (exact) mass is 274 g/mol. The van der Waals surface area contributed by atoms with Gasteiger partial charge in [0.15, 0.2) is 0 Å². The third kappa shape index (κ3) is 2.48. The SMILES string of the molecule is CC1CCC(C)N(S(=O)(=O)c2cc(N)cs2)C1. The van der Waals surface area contributed by atoms with Gasteiger partial charge in [-0.2, -0.15) is 4.31 Å². The van der Waals surface area contributed by atoms with Gasteiger partial charge in [-0.15, -0.1) is 11.3 Å². The van der Waals surface area contributed by atoms with Crippen molar-refractivity contribution in [2.75, 3.05) is 12.3 Å². The van der Waals surface area contributed by atoms with Gasteiger partial charge in [-0.05, 0) is 31.7 Å². The highest BCUT2D eigenvalue weighted by atomic mass is 32.2. The lowest BCUT2D eigenvalue weighted by Crippen LogP contribution is -2.44. The second-order valence-corrected chi connectivity index (χ2v) is 7.83. The molecule has 1 aromatic heterocycles. The Morgan fingerprint density at radius 1 is 1.41 bits per heavy atom. The Bertz CT molecular complexity index is 495. The second kappa shape index (κ2) is 4.59.